The number of aromatic amines is 2. The fraction of sp³-hybridized carbons (Fsp3) is 0.389. The summed E-state index contributed by atoms with van der Waals surface area (Å²) in [4.78, 5) is 53.2. The maximum Gasteiger partial charge on any atom is 0.317 e. The topological polar surface area (TPSA) is 120 Å². The first-order chi connectivity index (χ1) is 13.0. The minimum absolute atomic E-state index is 0.0265. The number of hydrogen-bond donors (Lipinski definition) is 2. The van der Waals surface area contributed by atoms with Crippen LogP contribution in [-0.2, 0) is 4.79 Å². The number of rotatable bonds is 8. The molecule has 1 amide bonds. The Morgan fingerprint density at radius 2 is 1.74 bits per heavy atom. The molecule has 27 heavy (non-hydrogen) atoms. The van der Waals surface area contributed by atoms with Crippen molar-refractivity contribution in [3.05, 3.63) is 62.0 Å². The quantitative estimate of drug-likeness (QED) is 0.646. The normalized spacial score (nSPS) is 11.4. The van der Waals surface area contributed by atoms with Crippen molar-refractivity contribution >= 4 is 11.7 Å². The van der Waals surface area contributed by atoms with Crippen molar-refractivity contribution in [2.24, 2.45) is 4.99 Å². The van der Waals surface area contributed by atoms with Crippen LogP contribution in [0.25, 0.3) is 0 Å². The highest BCUT2D eigenvalue weighted by atomic mass is 16.2. The highest BCUT2D eigenvalue weighted by Crippen LogP contribution is 2.06. The van der Waals surface area contributed by atoms with Crippen molar-refractivity contribution in [2.75, 3.05) is 18.1 Å². The number of hydrogen-bond acceptors (Lipinski definition) is 5. The van der Waals surface area contributed by atoms with Gasteiger partial charge in [-0.05, 0) is 20.3 Å². The van der Waals surface area contributed by atoms with Gasteiger partial charge in [0.25, 0.3) is 5.56 Å². The summed E-state index contributed by atoms with van der Waals surface area (Å²) in [6.45, 7) is 4.74. The minimum Gasteiger partial charge on any atom is -0.294 e. The third kappa shape index (κ3) is 5.13. The van der Waals surface area contributed by atoms with Gasteiger partial charge in [-0.1, -0.05) is 30.3 Å². The molecule has 0 atom stereocenters. The van der Waals surface area contributed by atoms with E-state index in [2.05, 4.69) is 15.3 Å². The third-order valence-electron chi connectivity index (χ3n) is 4.03. The van der Waals surface area contributed by atoms with E-state index in [0.717, 1.165) is 4.79 Å². The lowest BCUT2D eigenvalue weighted by atomic mass is 10.1. The molecule has 0 aliphatic carbocycles. The van der Waals surface area contributed by atoms with Crippen LogP contribution in [0.15, 0.2) is 44.9 Å². The number of carbonyl (C=O) groups excluding carboxylic acids is 2. The smallest absolute Gasteiger partial charge is 0.294 e. The Hall–Kier alpha value is -3.23. The van der Waals surface area contributed by atoms with Gasteiger partial charge >= 0.3 is 5.56 Å². The van der Waals surface area contributed by atoms with Crippen LogP contribution < -0.4 is 21.5 Å². The Morgan fingerprint density at radius 3 is 2.37 bits per heavy atom. The molecule has 0 saturated carbocycles. The SMILES string of the molecule is CCN(CC)n1[nH][nH]c(=O)c(=NC(=O)CCCC(=O)c2ccccc2)c1=O. The zero-order chi connectivity index (χ0) is 19.8. The van der Waals surface area contributed by atoms with Crippen LogP contribution in [0.5, 0.6) is 0 Å². The van der Waals surface area contributed by atoms with Gasteiger partial charge in [0.2, 0.25) is 11.3 Å². The van der Waals surface area contributed by atoms with Crippen molar-refractivity contribution in [1.82, 2.24) is 15.1 Å². The van der Waals surface area contributed by atoms with Gasteiger partial charge < -0.3 is 0 Å². The highest BCUT2D eigenvalue weighted by Gasteiger charge is 2.11. The Bertz CT molecular complexity index is 967. The Kier molecular flexibility index (Phi) is 7.04. The fourth-order valence-electron chi connectivity index (χ4n) is 2.56. The number of amides is 1. The summed E-state index contributed by atoms with van der Waals surface area (Å²) in [5, 5.41) is 5.94. The van der Waals surface area contributed by atoms with Gasteiger partial charge in [0.1, 0.15) is 0 Å². The maximum absolute atomic E-state index is 12.4. The van der Waals surface area contributed by atoms with Crippen molar-refractivity contribution < 1.29 is 9.59 Å². The standard InChI is InChI=1S/C18H23N5O4/c1-3-22(4-2)23-18(27)16(17(26)20-21-23)19-15(25)12-8-11-14(24)13-9-6-5-7-10-13/h5-7,9-10,21H,3-4,8,11-12H2,1-2H3,(H,20,26). The summed E-state index contributed by atoms with van der Waals surface area (Å²) >= 11 is 0. The Labute approximate surface area is 155 Å². The van der Waals surface area contributed by atoms with E-state index in [0.29, 0.717) is 18.7 Å². The van der Waals surface area contributed by atoms with Crippen LogP contribution in [0.1, 0.15) is 43.5 Å². The first-order valence-corrected chi connectivity index (χ1v) is 8.83. The molecule has 0 saturated heterocycles. The number of benzene rings is 1. The molecule has 0 bridgehead atoms. The third-order valence-corrected chi connectivity index (χ3v) is 4.03. The van der Waals surface area contributed by atoms with Crippen molar-refractivity contribution in [1.29, 1.82) is 0 Å². The molecule has 2 aromatic rings. The van der Waals surface area contributed by atoms with Gasteiger partial charge in [-0.15, -0.1) is 4.79 Å². The van der Waals surface area contributed by atoms with Crippen molar-refractivity contribution in [2.45, 2.75) is 33.1 Å². The van der Waals surface area contributed by atoms with Gasteiger partial charge in [-0.3, -0.25) is 24.2 Å². The minimum atomic E-state index is -0.767. The van der Waals surface area contributed by atoms with Gasteiger partial charge in [-0.25, -0.2) is 15.3 Å². The second-order valence-corrected chi connectivity index (χ2v) is 5.82. The van der Waals surface area contributed by atoms with Crippen LogP contribution in [0.4, 0.5) is 0 Å². The largest absolute Gasteiger partial charge is 0.317 e. The van der Waals surface area contributed by atoms with E-state index in [1.54, 1.807) is 29.3 Å². The summed E-state index contributed by atoms with van der Waals surface area (Å²) < 4.78 is 0. The number of nitrogens with one attached hydrogen (secondary N) is 2. The number of aromatic nitrogens is 3. The second-order valence-electron chi connectivity index (χ2n) is 5.82. The van der Waals surface area contributed by atoms with Crippen molar-refractivity contribution in [3.63, 3.8) is 0 Å². The van der Waals surface area contributed by atoms with Crippen LogP contribution in [-0.4, -0.2) is 39.9 Å². The number of H-pyrrole nitrogens is 2. The Morgan fingerprint density at radius 1 is 1.07 bits per heavy atom. The monoisotopic (exact) mass is 373 g/mol. The zero-order valence-corrected chi connectivity index (χ0v) is 15.4. The average Bonchev–Trinajstić information content (AvgIpc) is 2.68. The van der Waals surface area contributed by atoms with Crippen molar-refractivity contribution in [3.8, 4) is 0 Å². The molecule has 0 radical (unpaired) electrons. The summed E-state index contributed by atoms with van der Waals surface area (Å²) in [7, 11) is 0. The number of carbonyl (C=O) groups is 2. The predicted octanol–water partition coefficient (Wildman–Crippen LogP) is 0.323. The molecule has 0 aliphatic rings. The van der Waals surface area contributed by atoms with E-state index in [-0.39, 0.29) is 25.0 Å². The van der Waals surface area contributed by atoms with Crippen LogP contribution in [0.2, 0.25) is 0 Å². The molecular weight excluding hydrogens is 350 g/mol. The van der Waals surface area contributed by atoms with E-state index in [9.17, 15) is 19.2 Å². The van der Waals surface area contributed by atoms with E-state index < -0.39 is 22.4 Å². The molecule has 1 heterocycles. The lowest BCUT2D eigenvalue weighted by molar-refractivity contribution is -0.118. The molecule has 1 aromatic carbocycles. The van der Waals surface area contributed by atoms with E-state index in [1.165, 1.54) is 0 Å². The van der Waals surface area contributed by atoms with E-state index in [1.807, 2.05) is 19.9 Å². The van der Waals surface area contributed by atoms with Gasteiger partial charge in [-0.2, -0.15) is 0 Å². The highest BCUT2D eigenvalue weighted by molar-refractivity contribution is 5.96. The predicted molar refractivity (Wildman–Crippen MR) is 100 cm³/mol. The van der Waals surface area contributed by atoms with Crippen LogP contribution >= 0.6 is 0 Å². The first kappa shape index (κ1) is 20.1. The molecular formula is C18H23N5O4. The lowest BCUT2D eigenvalue weighted by Crippen LogP contribution is -2.55. The van der Waals surface area contributed by atoms with Gasteiger partial charge in [0.15, 0.2) is 5.78 Å². The van der Waals surface area contributed by atoms with Crippen LogP contribution in [0.3, 0.4) is 0 Å². The van der Waals surface area contributed by atoms with Crippen LogP contribution in [0, 0.1) is 0 Å². The summed E-state index contributed by atoms with van der Waals surface area (Å²) in [5.41, 5.74) is -0.882. The summed E-state index contributed by atoms with van der Waals surface area (Å²) in [5.74, 6) is -0.685. The number of Topliss-reactive ketones (excluding diaryl/α,β-unsaturated/α-hetero) is 1. The maximum atomic E-state index is 12.4. The van der Waals surface area contributed by atoms with Gasteiger partial charge in [0, 0.05) is 31.5 Å². The molecule has 144 valence electrons. The molecule has 1 aromatic heterocycles. The van der Waals surface area contributed by atoms with E-state index in [4.69, 9.17) is 0 Å². The molecule has 9 nitrogen and oxygen atoms in total. The number of ketones is 1. The molecule has 9 heteroatoms. The lowest BCUT2D eigenvalue weighted by Gasteiger charge is -2.21. The Balaban J connectivity index is 2.11. The summed E-state index contributed by atoms with van der Waals surface area (Å²) in [6, 6.07) is 8.79. The zero-order valence-electron chi connectivity index (χ0n) is 15.4. The molecule has 0 unspecified atom stereocenters. The van der Waals surface area contributed by atoms with Gasteiger partial charge in [0.05, 0.1) is 0 Å². The molecule has 2 N–H and O–H groups in total. The molecule has 0 aliphatic heterocycles. The number of nitrogens with zero attached hydrogens (tertiary/aromatic N) is 3. The average molecular weight is 373 g/mol. The summed E-state index contributed by atoms with van der Waals surface area (Å²) in [6.07, 6.45) is 0.451. The first-order valence-electron chi connectivity index (χ1n) is 8.83. The molecule has 0 fully saturated rings. The molecule has 2 rings (SSSR count). The van der Waals surface area contributed by atoms with E-state index >= 15 is 0 Å². The molecule has 0 spiro atoms. The second kappa shape index (κ2) is 9.46. The fourth-order valence-corrected chi connectivity index (χ4v) is 2.56.